The normalized spacial score (nSPS) is 11.7. The molecule has 1 rings (SSSR count). The molecule has 0 atom stereocenters. The van der Waals surface area contributed by atoms with Gasteiger partial charge in [-0.25, -0.2) is 0 Å². The van der Waals surface area contributed by atoms with E-state index in [-0.39, 0.29) is 16.7 Å². The summed E-state index contributed by atoms with van der Waals surface area (Å²) in [5, 5.41) is 3.50. The summed E-state index contributed by atoms with van der Waals surface area (Å²) in [5.74, 6) is -0.293. The fraction of sp³-hybridized carbons (Fsp3) is 0.429. The Morgan fingerprint density at radius 3 is 2.71 bits per heavy atom. The van der Waals surface area contributed by atoms with E-state index in [2.05, 4.69) is 21.0 Å². The third kappa shape index (κ3) is 3.13. The van der Waals surface area contributed by atoms with Crippen molar-refractivity contribution in [2.24, 2.45) is 0 Å². The Kier molecular flexibility index (Phi) is 3.30. The summed E-state index contributed by atoms with van der Waals surface area (Å²) in [7, 11) is 0. The molecule has 0 saturated heterocycles. The van der Waals surface area contributed by atoms with Crippen LogP contribution in [0.2, 0.25) is 0 Å². The molecule has 0 radical (unpaired) electrons. The molecule has 0 aliphatic carbocycles. The highest BCUT2D eigenvalue weighted by atomic mass is 79.9. The lowest BCUT2D eigenvalue weighted by atomic mass is 10.3. The van der Waals surface area contributed by atoms with Gasteiger partial charge in [-0.05, 0) is 0 Å². The number of nitrogens with zero attached hydrogens (tertiary/aromatic N) is 2. The second-order valence-electron chi connectivity index (χ2n) is 2.60. The van der Waals surface area contributed by atoms with E-state index < -0.39 is 12.7 Å². The van der Waals surface area contributed by atoms with E-state index in [9.17, 15) is 18.0 Å². The quantitative estimate of drug-likeness (QED) is 0.622. The fourth-order valence-electron chi connectivity index (χ4n) is 0.855. The number of alkyl halides is 4. The van der Waals surface area contributed by atoms with Gasteiger partial charge >= 0.3 is 6.18 Å². The fourth-order valence-corrected chi connectivity index (χ4v) is 1.18. The van der Waals surface area contributed by atoms with Crippen LogP contribution in [0.15, 0.2) is 12.4 Å². The van der Waals surface area contributed by atoms with Gasteiger partial charge in [-0.15, -0.1) is 0 Å². The number of carbonyl (C=O) groups is 1. The monoisotopic (exact) mass is 270 g/mol. The SMILES string of the molecule is O=C(CBr)c1cnn(CC(F)(F)F)c1. The third-order valence-electron chi connectivity index (χ3n) is 1.42. The molecule has 0 bridgehead atoms. The van der Waals surface area contributed by atoms with E-state index in [1.807, 2.05) is 0 Å². The molecule has 7 heteroatoms. The molecule has 1 aromatic rings. The summed E-state index contributed by atoms with van der Waals surface area (Å²) in [6, 6.07) is 0. The number of aromatic nitrogens is 2. The maximum atomic E-state index is 11.9. The molecule has 78 valence electrons. The standard InChI is InChI=1S/C7H6BrF3N2O/c8-1-6(14)5-2-12-13(3-5)4-7(9,10)11/h2-3H,1,4H2. The average molecular weight is 271 g/mol. The molecule has 1 heterocycles. The number of halogens is 4. The smallest absolute Gasteiger partial charge is 0.293 e. The number of rotatable bonds is 3. The minimum atomic E-state index is -4.32. The molecular weight excluding hydrogens is 265 g/mol. The molecule has 3 nitrogen and oxygen atoms in total. The van der Waals surface area contributed by atoms with Crippen molar-refractivity contribution < 1.29 is 18.0 Å². The second kappa shape index (κ2) is 4.12. The summed E-state index contributed by atoms with van der Waals surface area (Å²) in [6.07, 6.45) is -2.12. The molecule has 0 saturated carbocycles. The summed E-state index contributed by atoms with van der Waals surface area (Å²) in [4.78, 5) is 11.0. The Hall–Kier alpha value is -0.850. The van der Waals surface area contributed by atoms with Gasteiger partial charge in [0.1, 0.15) is 6.54 Å². The van der Waals surface area contributed by atoms with E-state index in [1.165, 1.54) is 0 Å². The van der Waals surface area contributed by atoms with Crippen LogP contribution < -0.4 is 0 Å². The highest BCUT2D eigenvalue weighted by Gasteiger charge is 2.28. The molecule has 0 aromatic carbocycles. The Bertz CT molecular complexity index is 334. The van der Waals surface area contributed by atoms with Crippen LogP contribution in [0.25, 0.3) is 0 Å². The predicted octanol–water partition coefficient (Wildman–Crippen LogP) is 2.02. The Morgan fingerprint density at radius 1 is 1.57 bits per heavy atom. The summed E-state index contributed by atoms with van der Waals surface area (Å²) >= 11 is 2.91. The minimum Gasteiger partial charge on any atom is -0.293 e. The average Bonchev–Trinajstić information content (AvgIpc) is 2.48. The van der Waals surface area contributed by atoms with Gasteiger partial charge in [-0.2, -0.15) is 18.3 Å². The molecule has 0 aliphatic rings. The Labute approximate surface area is 86.0 Å². The van der Waals surface area contributed by atoms with Gasteiger partial charge < -0.3 is 0 Å². The molecule has 14 heavy (non-hydrogen) atoms. The van der Waals surface area contributed by atoms with E-state index in [4.69, 9.17) is 0 Å². The molecular formula is C7H6BrF3N2O. The first-order chi connectivity index (χ1) is 6.42. The van der Waals surface area contributed by atoms with Gasteiger partial charge in [0.2, 0.25) is 0 Å². The molecule has 0 unspecified atom stereocenters. The summed E-state index contributed by atoms with van der Waals surface area (Å²) in [5.41, 5.74) is 0.172. The van der Waals surface area contributed by atoms with Gasteiger partial charge in [0.25, 0.3) is 0 Å². The van der Waals surface area contributed by atoms with Crippen LogP contribution in [0.5, 0.6) is 0 Å². The van der Waals surface area contributed by atoms with Crippen LogP contribution >= 0.6 is 15.9 Å². The predicted molar refractivity (Wildman–Crippen MR) is 46.4 cm³/mol. The number of carbonyl (C=O) groups excluding carboxylic acids is 1. The van der Waals surface area contributed by atoms with Crippen LogP contribution in [-0.4, -0.2) is 27.1 Å². The second-order valence-corrected chi connectivity index (χ2v) is 3.16. The van der Waals surface area contributed by atoms with Crippen LogP contribution in [-0.2, 0) is 6.54 Å². The van der Waals surface area contributed by atoms with Crippen molar-refractivity contribution in [3.8, 4) is 0 Å². The maximum absolute atomic E-state index is 11.9. The van der Waals surface area contributed by atoms with Crippen molar-refractivity contribution >= 4 is 21.7 Å². The number of ketones is 1. The maximum Gasteiger partial charge on any atom is 0.408 e. The van der Waals surface area contributed by atoms with Crippen molar-refractivity contribution in [1.29, 1.82) is 0 Å². The molecule has 1 aromatic heterocycles. The van der Waals surface area contributed by atoms with Gasteiger partial charge in [0.05, 0.1) is 17.1 Å². The third-order valence-corrected chi connectivity index (χ3v) is 1.93. The van der Waals surface area contributed by atoms with Crippen molar-refractivity contribution in [3.63, 3.8) is 0 Å². The zero-order chi connectivity index (χ0) is 10.8. The summed E-state index contributed by atoms with van der Waals surface area (Å²) < 4.78 is 36.3. The van der Waals surface area contributed by atoms with Crippen LogP contribution in [0.4, 0.5) is 13.2 Å². The number of hydrogen-bond acceptors (Lipinski definition) is 2. The topological polar surface area (TPSA) is 34.9 Å². The Morgan fingerprint density at radius 2 is 2.21 bits per heavy atom. The lowest BCUT2D eigenvalue weighted by molar-refractivity contribution is -0.142. The first-order valence-electron chi connectivity index (χ1n) is 3.61. The van der Waals surface area contributed by atoms with E-state index >= 15 is 0 Å². The van der Waals surface area contributed by atoms with E-state index in [0.717, 1.165) is 12.4 Å². The molecule has 0 spiro atoms. The van der Waals surface area contributed by atoms with Crippen molar-refractivity contribution in [3.05, 3.63) is 18.0 Å². The van der Waals surface area contributed by atoms with Gasteiger partial charge in [0.15, 0.2) is 5.78 Å². The number of hydrogen-bond donors (Lipinski definition) is 0. The first kappa shape index (κ1) is 11.2. The number of Topliss-reactive ketones (excluding diaryl/α,β-unsaturated/α-hetero) is 1. The Balaban J connectivity index is 2.74. The van der Waals surface area contributed by atoms with Gasteiger partial charge in [-0.1, -0.05) is 15.9 Å². The van der Waals surface area contributed by atoms with Crippen LogP contribution in [0.3, 0.4) is 0 Å². The van der Waals surface area contributed by atoms with Gasteiger partial charge in [-0.3, -0.25) is 9.48 Å². The van der Waals surface area contributed by atoms with Crippen molar-refractivity contribution in [2.75, 3.05) is 5.33 Å². The minimum absolute atomic E-state index is 0.0741. The van der Waals surface area contributed by atoms with Crippen LogP contribution in [0.1, 0.15) is 10.4 Å². The molecule has 0 fully saturated rings. The zero-order valence-corrected chi connectivity index (χ0v) is 8.47. The van der Waals surface area contributed by atoms with Crippen molar-refractivity contribution in [2.45, 2.75) is 12.7 Å². The van der Waals surface area contributed by atoms with E-state index in [0.29, 0.717) is 4.68 Å². The largest absolute Gasteiger partial charge is 0.408 e. The van der Waals surface area contributed by atoms with Crippen molar-refractivity contribution in [1.82, 2.24) is 9.78 Å². The lowest BCUT2D eigenvalue weighted by Crippen LogP contribution is -2.17. The molecule has 0 aliphatic heterocycles. The molecule has 0 N–H and O–H groups in total. The highest BCUT2D eigenvalue weighted by molar-refractivity contribution is 9.09. The van der Waals surface area contributed by atoms with Crippen LogP contribution in [0, 0.1) is 0 Å². The molecule has 0 amide bonds. The van der Waals surface area contributed by atoms with E-state index in [1.54, 1.807) is 0 Å². The zero-order valence-electron chi connectivity index (χ0n) is 6.88. The lowest BCUT2D eigenvalue weighted by Gasteiger charge is -2.04. The first-order valence-corrected chi connectivity index (χ1v) is 4.73. The highest BCUT2D eigenvalue weighted by Crippen LogP contribution is 2.17. The van der Waals surface area contributed by atoms with Gasteiger partial charge in [0, 0.05) is 6.20 Å². The summed E-state index contributed by atoms with van der Waals surface area (Å²) in [6.45, 7) is -1.18.